The molecule has 0 aromatic heterocycles. The van der Waals surface area contributed by atoms with Crippen LogP contribution >= 0.6 is 0 Å². The van der Waals surface area contributed by atoms with Crippen LogP contribution in [0.1, 0.15) is 17.0 Å². The van der Waals surface area contributed by atoms with Crippen LogP contribution in [0.25, 0.3) is 6.08 Å². The van der Waals surface area contributed by atoms with E-state index in [1.165, 1.54) is 0 Å². The first-order valence-corrected chi connectivity index (χ1v) is 8.90. The number of carbonyl (C=O) groups excluding carboxylic acids is 1. The van der Waals surface area contributed by atoms with E-state index in [9.17, 15) is 14.4 Å². The van der Waals surface area contributed by atoms with Crippen LogP contribution < -0.4 is 0 Å². The minimum absolute atomic E-state index is 0.124. The minimum atomic E-state index is -1.26. The van der Waals surface area contributed by atoms with Crippen LogP contribution in [0.4, 0.5) is 0 Å². The van der Waals surface area contributed by atoms with E-state index in [0.29, 0.717) is 18.7 Å². The molecule has 0 aliphatic heterocycles. The van der Waals surface area contributed by atoms with Gasteiger partial charge in [0.1, 0.15) is 0 Å². The van der Waals surface area contributed by atoms with E-state index in [4.69, 9.17) is 10.2 Å². The van der Waals surface area contributed by atoms with Crippen molar-refractivity contribution in [3.8, 4) is 0 Å². The van der Waals surface area contributed by atoms with E-state index in [-0.39, 0.29) is 11.7 Å². The normalized spacial score (nSPS) is 11.8. The number of carbonyl (C=O) groups is 3. The number of rotatable bonds is 8. The Labute approximate surface area is 170 Å². The Kier molecular flexibility index (Phi) is 10.4. The summed E-state index contributed by atoms with van der Waals surface area (Å²) >= 11 is 0. The molecule has 1 unspecified atom stereocenters. The monoisotopic (exact) mass is 395 g/mol. The van der Waals surface area contributed by atoms with Gasteiger partial charge in [0, 0.05) is 18.7 Å². The van der Waals surface area contributed by atoms with Gasteiger partial charge in [-0.05, 0) is 31.3 Å². The predicted molar refractivity (Wildman–Crippen MR) is 113 cm³/mol. The number of benzene rings is 2. The Balaban J connectivity index is 0.000000447. The van der Waals surface area contributed by atoms with Crippen molar-refractivity contribution in [3.63, 3.8) is 0 Å². The number of hydrogen-bond acceptors (Lipinski definition) is 4. The first kappa shape index (κ1) is 23.5. The molecule has 0 saturated carbocycles. The second-order valence-electron chi connectivity index (χ2n) is 6.38. The number of carboxylic acid groups (broad SMARTS) is 2. The number of nitrogens with zero attached hydrogens (tertiary/aromatic N) is 1. The maximum Gasteiger partial charge on any atom is 0.328 e. The molecule has 2 N–H and O–H groups in total. The first-order valence-electron chi connectivity index (χ1n) is 8.90. The quantitative estimate of drug-likeness (QED) is 0.666. The molecule has 2 aromatic rings. The number of hydrogen-bond donors (Lipinski definition) is 2. The first-order chi connectivity index (χ1) is 13.8. The number of carboxylic acids is 2. The molecule has 6 nitrogen and oxygen atoms in total. The lowest BCUT2D eigenvalue weighted by Crippen LogP contribution is -2.25. The zero-order valence-corrected chi connectivity index (χ0v) is 16.4. The molecular formula is C23H25NO5. The average molecular weight is 395 g/mol. The summed E-state index contributed by atoms with van der Waals surface area (Å²) < 4.78 is 0. The van der Waals surface area contributed by atoms with Gasteiger partial charge in [-0.1, -0.05) is 66.7 Å². The Hall–Kier alpha value is -3.51. The summed E-state index contributed by atoms with van der Waals surface area (Å²) in [6.45, 7) is 0.710. The highest BCUT2D eigenvalue weighted by Crippen LogP contribution is 2.18. The fourth-order valence-corrected chi connectivity index (χ4v) is 2.41. The smallest absolute Gasteiger partial charge is 0.328 e. The molecule has 1 atom stereocenters. The van der Waals surface area contributed by atoms with E-state index in [1.54, 1.807) is 6.08 Å². The second-order valence-corrected chi connectivity index (χ2v) is 6.38. The molecule has 0 bridgehead atoms. The highest BCUT2D eigenvalue weighted by Gasteiger charge is 2.18. The SMILES string of the molecule is CN(C)CC(C(=O)/C=C/c1ccccc1)c1ccccc1.O=C(O)/C=C\C(=O)O. The highest BCUT2D eigenvalue weighted by atomic mass is 16.4. The molecule has 0 amide bonds. The van der Waals surface area contributed by atoms with Crippen LogP contribution in [-0.4, -0.2) is 53.5 Å². The van der Waals surface area contributed by atoms with Gasteiger partial charge in [-0.2, -0.15) is 0 Å². The molecule has 0 aliphatic rings. The fourth-order valence-electron chi connectivity index (χ4n) is 2.41. The van der Waals surface area contributed by atoms with Crippen molar-refractivity contribution in [1.29, 1.82) is 0 Å². The lowest BCUT2D eigenvalue weighted by molar-refractivity contribution is -0.134. The van der Waals surface area contributed by atoms with Gasteiger partial charge in [-0.3, -0.25) is 4.79 Å². The van der Waals surface area contributed by atoms with E-state index < -0.39 is 11.9 Å². The van der Waals surface area contributed by atoms with Crippen LogP contribution in [0, 0.1) is 0 Å². The zero-order valence-electron chi connectivity index (χ0n) is 16.4. The molecule has 0 fully saturated rings. The number of ketones is 1. The van der Waals surface area contributed by atoms with Crippen molar-refractivity contribution in [3.05, 3.63) is 90.0 Å². The summed E-state index contributed by atoms with van der Waals surface area (Å²) in [6.07, 6.45) is 4.69. The van der Waals surface area contributed by atoms with Crippen LogP contribution in [0.5, 0.6) is 0 Å². The molecule has 2 aromatic carbocycles. The van der Waals surface area contributed by atoms with Crippen LogP contribution in [-0.2, 0) is 14.4 Å². The molecule has 29 heavy (non-hydrogen) atoms. The molecule has 0 radical (unpaired) electrons. The minimum Gasteiger partial charge on any atom is -0.478 e. The summed E-state index contributed by atoms with van der Waals surface area (Å²) in [4.78, 5) is 33.7. The van der Waals surface area contributed by atoms with Gasteiger partial charge in [0.25, 0.3) is 0 Å². The van der Waals surface area contributed by atoms with Crippen molar-refractivity contribution >= 4 is 23.8 Å². The third kappa shape index (κ3) is 10.4. The molecule has 2 rings (SSSR count). The summed E-state index contributed by atoms with van der Waals surface area (Å²) in [6, 6.07) is 19.9. The van der Waals surface area contributed by atoms with Crippen molar-refractivity contribution in [2.75, 3.05) is 20.6 Å². The third-order valence-electron chi connectivity index (χ3n) is 3.70. The molecule has 0 saturated heterocycles. The van der Waals surface area contributed by atoms with Crippen molar-refractivity contribution in [1.82, 2.24) is 4.90 Å². The summed E-state index contributed by atoms with van der Waals surface area (Å²) in [5.74, 6) is -2.50. The third-order valence-corrected chi connectivity index (χ3v) is 3.70. The molecule has 0 heterocycles. The Bertz CT molecular complexity index is 826. The molecule has 0 aliphatic carbocycles. The van der Waals surface area contributed by atoms with Gasteiger partial charge in [0.15, 0.2) is 5.78 Å². The van der Waals surface area contributed by atoms with Crippen molar-refractivity contribution in [2.45, 2.75) is 5.92 Å². The maximum atomic E-state index is 12.5. The molecule has 6 heteroatoms. The van der Waals surface area contributed by atoms with Gasteiger partial charge in [0.05, 0.1) is 5.92 Å². The van der Waals surface area contributed by atoms with Gasteiger partial charge < -0.3 is 15.1 Å². The summed E-state index contributed by atoms with van der Waals surface area (Å²) in [5.41, 5.74) is 2.11. The topological polar surface area (TPSA) is 94.9 Å². The summed E-state index contributed by atoms with van der Waals surface area (Å²) in [7, 11) is 3.98. The lowest BCUT2D eigenvalue weighted by Gasteiger charge is -2.19. The number of aliphatic carboxylic acids is 2. The van der Waals surface area contributed by atoms with Crippen molar-refractivity contribution in [2.24, 2.45) is 0 Å². The Morgan fingerprint density at radius 3 is 1.76 bits per heavy atom. The maximum absolute atomic E-state index is 12.5. The van der Waals surface area contributed by atoms with Crippen LogP contribution in [0.3, 0.4) is 0 Å². The second kappa shape index (κ2) is 12.8. The van der Waals surface area contributed by atoms with E-state index in [1.807, 2.05) is 85.7 Å². The fraction of sp³-hybridized carbons (Fsp3) is 0.174. The molecular weight excluding hydrogens is 370 g/mol. The summed E-state index contributed by atoms with van der Waals surface area (Å²) in [5, 5.41) is 15.6. The Morgan fingerprint density at radius 2 is 1.31 bits per heavy atom. The molecule has 0 spiro atoms. The zero-order chi connectivity index (χ0) is 21.6. The van der Waals surface area contributed by atoms with Gasteiger partial charge in [-0.15, -0.1) is 0 Å². The van der Waals surface area contributed by atoms with Crippen LogP contribution in [0.15, 0.2) is 78.9 Å². The van der Waals surface area contributed by atoms with E-state index in [2.05, 4.69) is 0 Å². The standard InChI is InChI=1S/C19H21NO.C4H4O4/c1-20(2)15-18(17-11-7-4-8-12-17)19(21)14-13-16-9-5-3-6-10-16;5-3(6)1-2-4(7)8/h3-14,18H,15H2,1-2H3;1-2H,(H,5,6)(H,7,8)/b14-13+;2-1-. The average Bonchev–Trinajstić information content (AvgIpc) is 2.70. The van der Waals surface area contributed by atoms with Crippen LogP contribution in [0.2, 0.25) is 0 Å². The number of likely N-dealkylation sites (N-methyl/N-ethyl adjacent to an activating group) is 1. The van der Waals surface area contributed by atoms with Gasteiger partial charge in [0.2, 0.25) is 0 Å². The lowest BCUT2D eigenvalue weighted by atomic mass is 9.93. The van der Waals surface area contributed by atoms with Crippen molar-refractivity contribution < 1.29 is 24.6 Å². The number of allylic oxidation sites excluding steroid dienone is 1. The predicted octanol–water partition coefficient (Wildman–Crippen LogP) is 3.33. The Morgan fingerprint density at radius 1 is 0.828 bits per heavy atom. The molecule has 152 valence electrons. The van der Waals surface area contributed by atoms with Gasteiger partial charge in [-0.25, -0.2) is 9.59 Å². The van der Waals surface area contributed by atoms with E-state index >= 15 is 0 Å². The van der Waals surface area contributed by atoms with E-state index in [0.717, 1.165) is 11.1 Å². The largest absolute Gasteiger partial charge is 0.478 e. The van der Waals surface area contributed by atoms with Gasteiger partial charge >= 0.3 is 11.9 Å². The highest BCUT2D eigenvalue weighted by molar-refractivity contribution is 5.98.